The van der Waals surface area contributed by atoms with Crippen LogP contribution in [-0.4, -0.2) is 20.4 Å². The first-order valence-electron chi connectivity index (χ1n) is 3.11. The van der Waals surface area contributed by atoms with Crippen molar-refractivity contribution >= 4 is 39.5 Å². The number of alkyl halides is 1. The number of halogens is 1. The molecule has 1 aliphatic rings. The van der Waals surface area contributed by atoms with Crippen LogP contribution in [0.3, 0.4) is 0 Å². The molecule has 0 nitrogen and oxygen atoms in total. The van der Waals surface area contributed by atoms with E-state index in [9.17, 15) is 0 Å². The highest BCUT2D eigenvalue weighted by Gasteiger charge is 2.28. The SMILES string of the molecule is CC1SC(CBr)SC1C. The van der Waals surface area contributed by atoms with E-state index in [1.807, 2.05) is 0 Å². The summed E-state index contributed by atoms with van der Waals surface area (Å²) < 4.78 is 0.801. The van der Waals surface area contributed by atoms with Crippen LogP contribution in [-0.2, 0) is 0 Å². The third-order valence-corrected chi connectivity index (χ3v) is 6.48. The number of thioether (sulfide) groups is 2. The molecule has 54 valence electrons. The molecule has 0 aromatic carbocycles. The molecule has 1 saturated heterocycles. The summed E-state index contributed by atoms with van der Waals surface area (Å²) in [5, 5.41) is 2.83. The fraction of sp³-hybridized carbons (Fsp3) is 1.00. The topological polar surface area (TPSA) is 0 Å². The van der Waals surface area contributed by atoms with Gasteiger partial charge in [0.05, 0.1) is 4.58 Å². The Morgan fingerprint density at radius 1 is 1.22 bits per heavy atom. The monoisotopic (exact) mass is 226 g/mol. The number of hydrogen-bond acceptors (Lipinski definition) is 2. The lowest BCUT2D eigenvalue weighted by molar-refractivity contribution is 0.941. The van der Waals surface area contributed by atoms with Crippen LogP contribution in [0.25, 0.3) is 0 Å². The second-order valence-electron chi connectivity index (χ2n) is 2.27. The first kappa shape index (κ1) is 8.28. The lowest BCUT2D eigenvalue weighted by Gasteiger charge is -2.02. The lowest BCUT2D eigenvalue weighted by Crippen LogP contribution is -2.04. The van der Waals surface area contributed by atoms with Gasteiger partial charge in [-0.15, -0.1) is 23.5 Å². The van der Waals surface area contributed by atoms with Crippen molar-refractivity contribution in [2.45, 2.75) is 28.9 Å². The van der Waals surface area contributed by atoms with Gasteiger partial charge in [-0.3, -0.25) is 0 Å². The van der Waals surface area contributed by atoms with Crippen molar-refractivity contribution in [3.05, 3.63) is 0 Å². The van der Waals surface area contributed by atoms with E-state index in [1.165, 1.54) is 0 Å². The molecule has 2 unspecified atom stereocenters. The van der Waals surface area contributed by atoms with Gasteiger partial charge in [0.2, 0.25) is 0 Å². The molecule has 1 rings (SSSR count). The molecule has 2 atom stereocenters. The quantitative estimate of drug-likeness (QED) is 0.631. The predicted octanol–water partition coefficient (Wildman–Crippen LogP) is 2.96. The maximum Gasteiger partial charge on any atom is 0.0605 e. The fourth-order valence-electron chi connectivity index (χ4n) is 0.805. The Hall–Kier alpha value is 1.18. The molecule has 0 amide bonds. The van der Waals surface area contributed by atoms with E-state index in [0.29, 0.717) is 0 Å². The minimum atomic E-state index is 0.801. The molecule has 0 spiro atoms. The zero-order valence-electron chi connectivity index (χ0n) is 5.63. The van der Waals surface area contributed by atoms with Gasteiger partial charge in [0, 0.05) is 15.8 Å². The van der Waals surface area contributed by atoms with Crippen LogP contribution in [0.2, 0.25) is 0 Å². The Labute approximate surface area is 73.7 Å². The normalized spacial score (nSPS) is 43.7. The van der Waals surface area contributed by atoms with Crippen molar-refractivity contribution in [3.63, 3.8) is 0 Å². The molecule has 0 saturated carbocycles. The van der Waals surface area contributed by atoms with Crippen molar-refractivity contribution in [2.75, 3.05) is 5.33 Å². The molecular weight excluding hydrogens is 216 g/mol. The zero-order chi connectivity index (χ0) is 6.85. The molecule has 0 aliphatic carbocycles. The summed E-state index contributed by atoms with van der Waals surface area (Å²) in [6, 6.07) is 0. The molecule has 1 fully saturated rings. The maximum absolute atomic E-state index is 3.49. The van der Waals surface area contributed by atoms with E-state index in [2.05, 4.69) is 53.3 Å². The summed E-state index contributed by atoms with van der Waals surface area (Å²) in [6.45, 7) is 4.62. The van der Waals surface area contributed by atoms with Gasteiger partial charge in [-0.05, 0) is 0 Å². The highest BCUT2D eigenvalue weighted by atomic mass is 79.9. The smallest absolute Gasteiger partial charge is 0.0605 e. The van der Waals surface area contributed by atoms with E-state index in [-0.39, 0.29) is 0 Å². The Balaban J connectivity index is 2.35. The molecule has 1 heterocycles. The molecular formula is C6H11BrS2. The first-order chi connectivity index (χ1) is 4.24. The van der Waals surface area contributed by atoms with Gasteiger partial charge >= 0.3 is 0 Å². The second-order valence-corrected chi connectivity index (χ2v) is 6.38. The summed E-state index contributed by atoms with van der Waals surface area (Å²) in [5.74, 6) is 0. The van der Waals surface area contributed by atoms with Crippen LogP contribution in [0, 0.1) is 0 Å². The average molecular weight is 227 g/mol. The van der Waals surface area contributed by atoms with Crippen LogP contribution >= 0.6 is 39.5 Å². The van der Waals surface area contributed by atoms with E-state index in [0.717, 1.165) is 20.4 Å². The summed E-state index contributed by atoms with van der Waals surface area (Å²) in [5.41, 5.74) is 0. The van der Waals surface area contributed by atoms with Crippen LogP contribution in [0.15, 0.2) is 0 Å². The molecule has 0 radical (unpaired) electrons. The minimum Gasteiger partial charge on any atom is -0.142 e. The van der Waals surface area contributed by atoms with E-state index in [1.54, 1.807) is 0 Å². The molecule has 0 aromatic heterocycles. The highest BCUT2D eigenvalue weighted by molar-refractivity contribution is 9.09. The molecule has 0 bridgehead atoms. The summed E-state index contributed by atoms with van der Waals surface area (Å²) in [4.78, 5) is 0. The van der Waals surface area contributed by atoms with Gasteiger partial charge in [-0.2, -0.15) is 0 Å². The van der Waals surface area contributed by atoms with Crippen molar-refractivity contribution in [1.82, 2.24) is 0 Å². The Bertz CT molecular complexity index is 87.1. The third-order valence-electron chi connectivity index (χ3n) is 1.52. The van der Waals surface area contributed by atoms with Crippen LogP contribution < -0.4 is 0 Å². The molecule has 1 aliphatic heterocycles. The summed E-state index contributed by atoms with van der Waals surface area (Å²) in [7, 11) is 0. The van der Waals surface area contributed by atoms with Crippen molar-refractivity contribution in [2.24, 2.45) is 0 Å². The number of rotatable bonds is 1. The van der Waals surface area contributed by atoms with Gasteiger partial charge in [0.25, 0.3) is 0 Å². The van der Waals surface area contributed by atoms with Gasteiger partial charge in [-0.25, -0.2) is 0 Å². The van der Waals surface area contributed by atoms with Crippen LogP contribution in [0.5, 0.6) is 0 Å². The largest absolute Gasteiger partial charge is 0.142 e. The molecule has 9 heavy (non-hydrogen) atoms. The number of hydrogen-bond donors (Lipinski definition) is 0. The molecule has 0 N–H and O–H groups in total. The minimum absolute atomic E-state index is 0.801. The average Bonchev–Trinajstić information content (AvgIpc) is 2.13. The highest BCUT2D eigenvalue weighted by Crippen LogP contribution is 2.43. The van der Waals surface area contributed by atoms with Crippen molar-refractivity contribution in [1.29, 1.82) is 0 Å². The molecule has 0 aromatic rings. The zero-order valence-corrected chi connectivity index (χ0v) is 8.85. The van der Waals surface area contributed by atoms with Crippen LogP contribution in [0.1, 0.15) is 13.8 Å². The maximum atomic E-state index is 3.49. The Morgan fingerprint density at radius 2 is 1.67 bits per heavy atom. The van der Waals surface area contributed by atoms with Gasteiger partial charge in [0.1, 0.15) is 0 Å². The molecule has 3 heteroatoms. The van der Waals surface area contributed by atoms with Crippen LogP contribution in [0.4, 0.5) is 0 Å². The second kappa shape index (κ2) is 3.54. The van der Waals surface area contributed by atoms with Crippen molar-refractivity contribution in [3.8, 4) is 0 Å². The van der Waals surface area contributed by atoms with E-state index < -0.39 is 0 Å². The summed E-state index contributed by atoms with van der Waals surface area (Å²) >= 11 is 7.67. The van der Waals surface area contributed by atoms with E-state index >= 15 is 0 Å². The first-order valence-corrected chi connectivity index (χ1v) is 6.11. The standard InChI is InChI=1S/C6H11BrS2/c1-4-5(2)9-6(3-7)8-4/h4-6H,3H2,1-2H3. The van der Waals surface area contributed by atoms with Gasteiger partial charge in [0.15, 0.2) is 0 Å². The summed E-state index contributed by atoms with van der Waals surface area (Å²) in [6.07, 6.45) is 0. The Kier molecular flexibility index (Phi) is 3.25. The predicted molar refractivity (Wildman–Crippen MR) is 51.7 cm³/mol. The van der Waals surface area contributed by atoms with E-state index in [4.69, 9.17) is 0 Å². The Morgan fingerprint density at radius 3 is 1.89 bits per heavy atom. The van der Waals surface area contributed by atoms with Crippen molar-refractivity contribution < 1.29 is 0 Å². The van der Waals surface area contributed by atoms with Gasteiger partial charge in [-0.1, -0.05) is 29.8 Å². The fourth-order valence-corrected chi connectivity index (χ4v) is 4.96. The van der Waals surface area contributed by atoms with Gasteiger partial charge < -0.3 is 0 Å². The lowest BCUT2D eigenvalue weighted by atomic mass is 10.4. The third kappa shape index (κ3) is 2.05.